The predicted molar refractivity (Wildman–Crippen MR) is 85.0 cm³/mol. The average molecular weight is 322 g/mol. The van der Waals surface area contributed by atoms with E-state index in [1.54, 1.807) is 0 Å². The number of hydrogen-bond donors (Lipinski definition) is 1. The van der Waals surface area contributed by atoms with Crippen molar-refractivity contribution in [2.24, 2.45) is 11.3 Å². The second kappa shape index (κ2) is 5.28. The van der Waals surface area contributed by atoms with Gasteiger partial charge in [0.2, 0.25) is 0 Å². The number of nitrogens with one attached hydrogen (secondary N) is 1. The third-order valence-corrected chi connectivity index (χ3v) is 3.74. The lowest BCUT2D eigenvalue weighted by Crippen LogP contribution is -2.22. The van der Waals surface area contributed by atoms with E-state index in [4.69, 9.17) is 4.98 Å². The van der Waals surface area contributed by atoms with Crippen LogP contribution in [0.3, 0.4) is 0 Å². The summed E-state index contributed by atoms with van der Waals surface area (Å²) in [5.41, 5.74) is 2.26. The maximum Gasteiger partial charge on any atom is 0.115 e. The highest BCUT2D eigenvalue weighted by Gasteiger charge is 2.30. The van der Waals surface area contributed by atoms with Crippen molar-refractivity contribution in [2.75, 3.05) is 0 Å². The van der Waals surface area contributed by atoms with E-state index in [2.05, 4.69) is 67.7 Å². The molecule has 0 amide bonds. The Labute approximate surface area is 124 Å². The topological polar surface area (TPSA) is 28.7 Å². The molecule has 0 bridgehead atoms. The van der Waals surface area contributed by atoms with Gasteiger partial charge in [-0.05, 0) is 36.0 Å². The van der Waals surface area contributed by atoms with Crippen molar-refractivity contribution in [3.63, 3.8) is 0 Å². The van der Waals surface area contributed by atoms with E-state index in [0.29, 0.717) is 5.92 Å². The molecule has 1 N–H and O–H groups in total. The number of hydrogen-bond acceptors (Lipinski definition) is 1. The Morgan fingerprint density at radius 3 is 2.58 bits per heavy atom. The van der Waals surface area contributed by atoms with Crippen molar-refractivity contribution < 1.29 is 0 Å². The number of imidazole rings is 1. The molecule has 3 heteroatoms. The van der Waals surface area contributed by atoms with E-state index < -0.39 is 0 Å². The van der Waals surface area contributed by atoms with E-state index in [0.717, 1.165) is 27.8 Å². The zero-order valence-electron chi connectivity index (χ0n) is 12.3. The predicted octanol–water partition coefficient (Wildman–Crippen LogP) is 5.34. The molecule has 0 spiro atoms. The van der Waals surface area contributed by atoms with Crippen LogP contribution in [0.2, 0.25) is 0 Å². The molecule has 19 heavy (non-hydrogen) atoms. The Hall–Kier alpha value is -0.830. The fraction of sp³-hybridized carbons (Fsp3) is 0.500. The van der Waals surface area contributed by atoms with Gasteiger partial charge in [0.1, 0.15) is 5.82 Å². The van der Waals surface area contributed by atoms with E-state index >= 15 is 0 Å². The molecule has 0 aliphatic carbocycles. The molecule has 0 aliphatic heterocycles. The van der Waals surface area contributed by atoms with Crippen molar-refractivity contribution in [2.45, 2.75) is 41.0 Å². The molecule has 1 aromatic carbocycles. The minimum atomic E-state index is 0.134. The molecule has 0 saturated carbocycles. The van der Waals surface area contributed by atoms with Crippen LogP contribution >= 0.6 is 15.9 Å². The quantitative estimate of drug-likeness (QED) is 0.812. The van der Waals surface area contributed by atoms with Gasteiger partial charge in [-0.25, -0.2) is 4.98 Å². The van der Waals surface area contributed by atoms with Crippen molar-refractivity contribution in [1.82, 2.24) is 9.97 Å². The maximum atomic E-state index is 4.77. The fourth-order valence-electron chi connectivity index (χ4n) is 2.29. The highest BCUT2D eigenvalue weighted by Crippen LogP contribution is 2.38. The number of aromatic nitrogens is 2. The molecule has 2 rings (SSSR count). The lowest BCUT2D eigenvalue weighted by atomic mass is 9.76. The van der Waals surface area contributed by atoms with E-state index in [1.807, 2.05) is 6.07 Å². The van der Waals surface area contributed by atoms with E-state index in [9.17, 15) is 0 Å². The number of rotatable bonds is 3. The van der Waals surface area contributed by atoms with Gasteiger partial charge in [0.25, 0.3) is 0 Å². The maximum absolute atomic E-state index is 4.77. The lowest BCUT2D eigenvalue weighted by Gasteiger charge is -2.29. The summed E-state index contributed by atoms with van der Waals surface area (Å²) in [5.74, 6) is 3.07. The van der Waals surface area contributed by atoms with E-state index in [-0.39, 0.29) is 5.41 Å². The Bertz CT molecular complexity index is 564. The van der Waals surface area contributed by atoms with Gasteiger partial charge in [0.15, 0.2) is 0 Å². The molecule has 2 nitrogen and oxygen atoms in total. The Morgan fingerprint density at radius 1 is 1.32 bits per heavy atom. The SMILES string of the molecule is CC(C)C[C](c1nc2cc(Br)ccc2[nH]1)C(C)(C)C. The standard InChI is InChI=1S/C16H22BrN2/c1-10(2)8-12(16(3,4)5)15-18-13-7-6-11(17)9-14(13)19-15/h6-7,9-10H,8H2,1-5H3,(H,18,19). The zero-order valence-corrected chi connectivity index (χ0v) is 13.9. The number of halogens is 1. The summed E-state index contributed by atoms with van der Waals surface area (Å²) in [6, 6.07) is 6.18. The largest absolute Gasteiger partial charge is 0.341 e. The highest BCUT2D eigenvalue weighted by atomic mass is 79.9. The van der Waals surface area contributed by atoms with Gasteiger partial charge < -0.3 is 4.98 Å². The van der Waals surface area contributed by atoms with Crippen molar-refractivity contribution in [3.8, 4) is 0 Å². The first-order chi connectivity index (χ1) is 8.77. The summed E-state index contributed by atoms with van der Waals surface area (Å²) in [6.45, 7) is 11.3. The van der Waals surface area contributed by atoms with Crippen LogP contribution in [0.1, 0.15) is 46.9 Å². The molecule has 0 aliphatic rings. The molecule has 1 radical (unpaired) electrons. The monoisotopic (exact) mass is 321 g/mol. The second-order valence-electron chi connectivity index (χ2n) is 6.57. The Morgan fingerprint density at radius 2 is 2.00 bits per heavy atom. The summed E-state index contributed by atoms with van der Waals surface area (Å²) in [7, 11) is 0. The van der Waals surface area contributed by atoms with Gasteiger partial charge in [-0.2, -0.15) is 0 Å². The molecule has 0 unspecified atom stereocenters. The van der Waals surface area contributed by atoms with Crippen LogP contribution in [0, 0.1) is 17.3 Å². The lowest BCUT2D eigenvalue weighted by molar-refractivity contribution is 0.389. The molecule has 2 aromatic rings. The number of H-pyrrole nitrogens is 1. The summed E-state index contributed by atoms with van der Waals surface area (Å²) in [6.07, 6.45) is 1.07. The molecule has 103 valence electrons. The summed E-state index contributed by atoms with van der Waals surface area (Å²) in [4.78, 5) is 8.24. The molecule has 0 fully saturated rings. The van der Waals surface area contributed by atoms with Crippen LogP contribution in [0.25, 0.3) is 11.0 Å². The summed E-state index contributed by atoms with van der Waals surface area (Å²) in [5, 5.41) is 0. The van der Waals surface area contributed by atoms with Gasteiger partial charge in [-0.15, -0.1) is 0 Å². The van der Waals surface area contributed by atoms with Gasteiger partial charge in [-0.3, -0.25) is 0 Å². The number of aromatic amines is 1. The summed E-state index contributed by atoms with van der Waals surface area (Å²) < 4.78 is 1.07. The first-order valence-electron chi connectivity index (χ1n) is 6.79. The average Bonchev–Trinajstić information content (AvgIpc) is 2.66. The fourth-order valence-corrected chi connectivity index (χ4v) is 2.64. The zero-order chi connectivity index (χ0) is 14.2. The third-order valence-electron chi connectivity index (χ3n) is 3.25. The van der Waals surface area contributed by atoms with Crippen molar-refractivity contribution >= 4 is 27.0 Å². The van der Waals surface area contributed by atoms with Crippen LogP contribution in [-0.2, 0) is 0 Å². The van der Waals surface area contributed by atoms with Crippen LogP contribution in [-0.4, -0.2) is 9.97 Å². The van der Waals surface area contributed by atoms with Gasteiger partial charge in [0.05, 0.1) is 11.0 Å². The summed E-state index contributed by atoms with van der Waals surface area (Å²) >= 11 is 3.50. The first kappa shape index (κ1) is 14.6. The number of nitrogens with zero attached hydrogens (tertiary/aromatic N) is 1. The van der Waals surface area contributed by atoms with Crippen LogP contribution < -0.4 is 0 Å². The minimum absolute atomic E-state index is 0.134. The van der Waals surface area contributed by atoms with Crippen LogP contribution in [0.4, 0.5) is 0 Å². The van der Waals surface area contributed by atoms with Crippen LogP contribution in [0.5, 0.6) is 0 Å². The molecule has 1 aromatic heterocycles. The third kappa shape index (κ3) is 3.38. The normalized spacial score (nSPS) is 12.8. The molecular weight excluding hydrogens is 300 g/mol. The molecule has 0 saturated heterocycles. The Balaban J connectivity index is 2.44. The molecule has 1 heterocycles. The molecule has 0 atom stereocenters. The van der Waals surface area contributed by atoms with E-state index in [1.165, 1.54) is 5.92 Å². The Kier molecular flexibility index (Phi) is 4.05. The van der Waals surface area contributed by atoms with Crippen molar-refractivity contribution in [3.05, 3.63) is 34.4 Å². The van der Waals surface area contributed by atoms with Gasteiger partial charge in [0, 0.05) is 10.4 Å². The minimum Gasteiger partial charge on any atom is -0.341 e. The van der Waals surface area contributed by atoms with Crippen molar-refractivity contribution in [1.29, 1.82) is 0 Å². The highest BCUT2D eigenvalue weighted by molar-refractivity contribution is 9.10. The van der Waals surface area contributed by atoms with Gasteiger partial charge >= 0.3 is 0 Å². The molecular formula is C16H22BrN2. The number of benzene rings is 1. The van der Waals surface area contributed by atoms with Gasteiger partial charge in [-0.1, -0.05) is 50.5 Å². The first-order valence-corrected chi connectivity index (χ1v) is 7.58. The smallest absolute Gasteiger partial charge is 0.115 e. The number of fused-ring (bicyclic) bond motifs is 1. The van der Waals surface area contributed by atoms with Crippen LogP contribution in [0.15, 0.2) is 22.7 Å². The second-order valence-corrected chi connectivity index (χ2v) is 7.49.